The molecule has 1 atom stereocenters. The topological polar surface area (TPSA) is 49.9 Å². The Balaban J connectivity index is 1.45. The second-order valence-electron chi connectivity index (χ2n) is 7.08. The Hall–Kier alpha value is -3.31. The van der Waals surface area contributed by atoms with Crippen LogP contribution in [0, 0.1) is 0 Å². The summed E-state index contributed by atoms with van der Waals surface area (Å²) in [5.74, 6) is 1.14. The Morgan fingerprint density at radius 2 is 1.63 bits per heavy atom. The molecule has 6 heteroatoms. The molecular weight excluding hydrogens is 400 g/mol. The van der Waals surface area contributed by atoms with Crippen LogP contribution in [0.25, 0.3) is 0 Å². The van der Waals surface area contributed by atoms with Crippen LogP contribution in [0.4, 0.5) is 5.69 Å². The Bertz CT molecular complexity index is 1050. The zero-order chi connectivity index (χ0) is 21.1. The lowest BCUT2D eigenvalue weighted by Gasteiger charge is -2.39. The van der Waals surface area contributed by atoms with Gasteiger partial charge in [-0.2, -0.15) is 0 Å². The summed E-state index contributed by atoms with van der Waals surface area (Å²) in [5, 5.41) is 0.497. The number of piperazine rings is 1. The van der Waals surface area contributed by atoms with Gasteiger partial charge in [0.05, 0.1) is 0 Å². The van der Waals surface area contributed by atoms with Gasteiger partial charge in [-0.3, -0.25) is 9.59 Å². The van der Waals surface area contributed by atoms with Gasteiger partial charge in [0, 0.05) is 29.4 Å². The van der Waals surface area contributed by atoms with Crippen LogP contribution >= 0.6 is 11.6 Å². The Kier molecular flexibility index (Phi) is 5.72. The number of halogens is 1. The maximum atomic E-state index is 13.0. The van der Waals surface area contributed by atoms with Crippen molar-refractivity contribution in [2.75, 3.05) is 18.0 Å². The fourth-order valence-corrected chi connectivity index (χ4v) is 3.70. The predicted molar refractivity (Wildman–Crippen MR) is 117 cm³/mol. The molecule has 0 bridgehead atoms. The van der Waals surface area contributed by atoms with Gasteiger partial charge in [-0.15, -0.1) is 0 Å². The summed E-state index contributed by atoms with van der Waals surface area (Å²) in [6, 6.07) is 23.1. The molecule has 0 aromatic heterocycles. The highest BCUT2D eigenvalue weighted by molar-refractivity contribution is 6.31. The third kappa shape index (κ3) is 4.16. The minimum atomic E-state index is -0.564. The minimum absolute atomic E-state index is 0.117. The normalized spacial score (nSPS) is 16.5. The van der Waals surface area contributed by atoms with Crippen LogP contribution in [0.2, 0.25) is 5.02 Å². The number of benzene rings is 3. The van der Waals surface area contributed by atoms with Crippen molar-refractivity contribution in [2.45, 2.75) is 13.0 Å². The van der Waals surface area contributed by atoms with E-state index in [2.05, 4.69) is 0 Å². The molecule has 3 aromatic rings. The molecule has 4 rings (SSSR count). The first kappa shape index (κ1) is 20.0. The molecule has 0 saturated carbocycles. The number of hydrogen-bond acceptors (Lipinski definition) is 3. The summed E-state index contributed by atoms with van der Waals surface area (Å²) in [6.07, 6.45) is 0. The molecule has 30 heavy (non-hydrogen) atoms. The summed E-state index contributed by atoms with van der Waals surface area (Å²) >= 11 is 6.00. The lowest BCUT2D eigenvalue weighted by Crippen LogP contribution is -2.57. The van der Waals surface area contributed by atoms with Crippen LogP contribution in [0.15, 0.2) is 78.9 Å². The van der Waals surface area contributed by atoms with Crippen LogP contribution < -0.4 is 9.64 Å². The second-order valence-corrected chi connectivity index (χ2v) is 7.52. The predicted octanol–water partition coefficient (Wildman–Crippen LogP) is 5.01. The van der Waals surface area contributed by atoms with E-state index in [-0.39, 0.29) is 11.8 Å². The average molecular weight is 421 g/mol. The standard InChI is InChI=1S/C24H21ClN2O3/c1-17-23(28)27(15-14-26(17)24(29)18-6-5-7-19(25)16-18)20-10-12-22(13-11-20)30-21-8-3-2-4-9-21/h2-13,16-17H,14-15H2,1H3. The minimum Gasteiger partial charge on any atom is -0.457 e. The summed E-state index contributed by atoms with van der Waals surface area (Å²) in [7, 11) is 0. The fourth-order valence-electron chi connectivity index (χ4n) is 3.51. The molecule has 1 aliphatic heterocycles. The van der Waals surface area contributed by atoms with Crippen molar-refractivity contribution in [1.82, 2.24) is 4.90 Å². The molecule has 1 unspecified atom stereocenters. The van der Waals surface area contributed by atoms with E-state index in [0.29, 0.717) is 29.4 Å². The molecule has 5 nitrogen and oxygen atoms in total. The highest BCUT2D eigenvalue weighted by atomic mass is 35.5. The molecule has 1 aliphatic rings. The van der Waals surface area contributed by atoms with Crippen molar-refractivity contribution in [3.05, 3.63) is 89.4 Å². The van der Waals surface area contributed by atoms with E-state index >= 15 is 0 Å². The number of hydrogen-bond donors (Lipinski definition) is 0. The average Bonchev–Trinajstić information content (AvgIpc) is 2.77. The van der Waals surface area contributed by atoms with Crippen LogP contribution in [0.3, 0.4) is 0 Å². The summed E-state index contributed by atoms with van der Waals surface area (Å²) < 4.78 is 5.81. The van der Waals surface area contributed by atoms with Crippen molar-refractivity contribution in [3.8, 4) is 11.5 Å². The molecule has 1 fully saturated rings. The quantitative estimate of drug-likeness (QED) is 0.596. The number of amides is 2. The van der Waals surface area contributed by atoms with E-state index < -0.39 is 6.04 Å². The first-order chi connectivity index (χ1) is 14.5. The maximum Gasteiger partial charge on any atom is 0.254 e. The van der Waals surface area contributed by atoms with Gasteiger partial charge in [0.15, 0.2) is 0 Å². The molecule has 3 aromatic carbocycles. The highest BCUT2D eigenvalue weighted by Crippen LogP contribution is 2.27. The first-order valence-corrected chi connectivity index (χ1v) is 10.1. The third-order valence-corrected chi connectivity index (χ3v) is 5.35. The SMILES string of the molecule is CC1C(=O)N(c2ccc(Oc3ccccc3)cc2)CCN1C(=O)c1cccc(Cl)c1. The Labute approximate surface area is 180 Å². The maximum absolute atomic E-state index is 13.0. The molecule has 0 radical (unpaired) electrons. The van der Waals surface area contributed by atoms with Crippen molar-refractivity contribution in [3.63, 3.8) is 0 Å². The van der Waals surface area contributed by atoms with E-state index in [1.807, 2.05) is 54.6 Å². The van der Waals surface area contributed by atoms with Gasteiger partial charge < -0.3 is 14.5 Å². The van der Waals surface area contributed by atoms with Crippen molar-refractivity contribution >= 4 is 29.1 Å². The number of rotatable bonds is 4. The van der Waals surface area contributed by atoms with E-state index in [9.17, 15) is 9.59 Å². The Morgan fingerprint density at radius 3 is 2.33 bits per heavy atom. The monoisotopic (exact) mass is 420 g/mol. The fraction of sp³-hybridized carbons (Fsp3) is 0.167. The summed E-state index contributed by atoms with van der Waals surface area (Å²) in [6.45, 7) is 2.62. The lowest BCUT2D eigenvalue weighted by molar-refractivity contribution is -0.124. The zero-order valence-corrected chi connectivity index (χ0v) is 17.3. The molecule has 152 valence electrons. The molecule has 0 spiro atoms. The molecule has 2 amide bonds. The third-order valence-electron chi connectivity index (χ3n) is 5.12. The van der Waals surface area contributed by atoms with Crippen LogP contribution in [-0.4, -0.2) is 35.8 Å². The van der Waals surface area contributed by atoms with Gasteiger partial charge in [0.25, 0.3) is 5.91 Å². The van der Waals surface area contributed by atoms with Gasteiger partial charge in [-0.05, 0) is 61.5 Å². The van der Waals surface area contributed by atoms with Crippen LogP contribution in [-0.2, 0) is 4.79 Å². The number of carbonyl (C=O) groups is 2. The number of carbonyl (C=O) groups excluding carboxylic acids is 2. The van der Waals surface area contributed by atoms with Crippen molar-refractivity contribution in [2.24, 2.45) is 0 Å². The van der Waals surface area contributed by atoms with Gasteiger partial charge in [0.2, 0.25) is 5.91 Å². The number of anilines is 1. The largest absolute Gasteiger partial charge is 0.457 e. The summed E-state index contributed by atoms with van der Waals surface area (Å²) in [4.78, 5) is 29.1. The van der Waals surface area contributed by atoms with Crippen LogP contribution in [0.5, 0.6) is 11.5 Å². The highest BCUT2D eigenvalue weighted by Gasteiger charge is 2.35. The number of ether oxygens (including phenoxy) is 1. The van der Waals surface area contributed by atoms with Gasteiger partial charge in [0.1, 0.15) is 17.5 Å². The second kappa shape index (κ2) is 8.59. The van der Waals surface area contributed by atoms with E-state index in [1.165, 1.54) is 0 Å². The van der Waals surface area contributed by atoms with Gasteiger partial charge in [-0.25, -0.2) is 0 Å². The zero-order valence-electron chi connectivity index (χ0n) is 16.5. The molecule has 0 aliphatic carbocycles. The number of nitrogens with zero attached hydrogens (tertiary/aromatic N) is 2. The summed E-state index contributed by atoms with van der Waals surface area (Å²) in [5.41, 5.74) is 1.26. The van der Waals surface area contributed by atoms with Gasteiger partial charge in [-0.1, -0.05) is 35.9 Å². The molecule has 1 heterocycles. The van der Waals surface area contributed by atoms with Crippen molar-refractivity contribution < 1.29 is 14.3 Å². The number of para-hydroxylation sites is 1. The van der Waals surface area contributed by atoms with E-state index in [4.69, 9.17) is 16.3 Å². The van der Waals surface area contributed by atoms with E-state index in [0.717, 1.165) is 11.4 Å². The van der Waals surface area contributed by atoms with Crippen molar-refractivity contribution in [1.29, 1.82) is 0 Å². The van der Waals surface area contributed by atoms with Gasteiger partial charge >= 0.3 is 0 Å². The molecule has 0 N–H and O–H groups in total. The lowest BCUT2D eigenvalue weighted by atomic mass is 10.1. The van der Waals surface area contributed by atoms with E-state index in [1.54, 1.807) is 41.0 Å². The first-order valence-electron chi connectivity index (χ1n) is 9.74. The Morgan fingerprint density at radius 1 is 0.933 bits per heavy atom. The molecule has 1 saturated heterocycles. The van der Waals surface area contributed by atoms with Crippen LogP contribution in [0.1, 0.15) is 17.3 Å². The molecular formula is C24H21ClN2O3. The smallest absolute Gasteiger partial charge is 0.254 e.